The summed E-state index contributed by atoms with van der Waals surface area (Å²) < 4.78 is 4.69. The van der Waals surface area contributed by atoms with Crippen LogP contribution >= 0.6 is 0 Å². The molecule has 0 unspecified atom stereocenters. The van der Waals surface area contributed by atoms with Crippen molar-refractivity contribution in [3.05, 3.63) is 29.6 Å². The molecule has 0 aliphatic carbocycles. The van der Waals surface area contributed by atoms with E-state index in [1.165, 1.54) is 6.20 Å². The van der Waals surface area contributed by atoms with Gasteiger partial charge in [0, 0.05) is 34.8 Å². The molecule has 2 aromatic rings. The topological polar surface area (TPSA) is 72.0 Å². The fourth-order valence-corrected chi connectivity index (χ4v) is 1.48. The van der Waals surface area contributed by atoms with Gasteiger partial charge in [-0.2, -0.15) is 0 Å². The van der Waals surface area contributed by atoms with Crippen molar-refractivity contribution >= 4 is 23.3 Å². The lowest BCUT2D eigenvalue weighted by atomic mass is 10.2. The third-order valence-corrected chi connectivity index (χ3v) is 2.27. The van der Waals surface area contributed by atoms with Crippen molar-refractivity contribution in [2.75, 3.05) is 6.61 Å². The molecule has 0 bridgehead atoms. The number of pyridine rings is 1. The highest BCUT2D eigenvalue weighted by Gasteiger charge is 2.04. The summed E-state index contributed by atoms with van der Waals surface area (Å²) in [5, 5.41) is 0.681. The minimum Gasteiger partial charge on any atom is -0.456 e. The van der Waals surface area contributed by atoms with Crippen molar-refractivity contribution in [1.29, 1.82) is 0 Å². The zero-order chi connectivity index (χ0) is 13.0. The van der Waals surface area contributed by atoms with Gasteiger partial charge in [-0.05, 0) is 13.0 Å². The van der Waals surface area contributed by atoms with Gasteiger partial charge in [0.2, 0.25) is 0 Å². The van der Waals surface area contributed by atoms with E-state index in [4.69, 9.17) is 0 Å². The minimum atomic E-state index is -0.581. The number of aldehydes is 1. The maximum Gasteiger partial charge on any atom is 0.384 e. The van der Waals surface area contributed by atoms with E-state index in [-0.39, 0.29) is 6.61 Å². The van der Waals surface area contributed by atoms with Crippen molar-refractivity contribution < 1.29 is 14.3 Å². The van der Waals surface area contributed by atoms with E-state index in [0.717, 1.165) is 6.29 Å². The first-order chi connectivity index (χ1) is 8.74. The summed E-state index contributed by atoms with van der Waals surface area (Å²) >= 11 is 0. The predicted molar refractivity (Wildman–Crippen MR) is 65.0 cm³/mol. The van der Waals surface area contributed by atoms with Gasteiger partial charge in [-0.15, -0.1) is 0 Å². The summed E-state index contributed by atoms with van der Waals surface area (Å²) in [6.07, 6.45) is 3.84. The Bertz CT molecular complexity index is 662. The normalized spacial score (nSPS) is 9.61. The van der Waals surface area contributed by atoms with Crippen LogP contribution in [-0.2, 0) is 9.53 Å². The highest BCUT2D eigenvalue weighted by molar-refractivity contribution is 5.96. The van der Waals surface area contributed by atoms with Crippen LogP contribution in [0.15, 0.2) is 18.5 Å². The van der Waals surface area contributed by atoms with Gasteiger partial charge in [0.25, 0.3) is 0 Å². The standard InChI is InChI=1S/C13H10N2O3/c1-2-18-12(17)4-3-9-5-11-10(8-16)7-15-13(11)14-6-9/h5-8H,2H2,1H3,(H,14,15). The van der Waals surface area contributed by atoms with Gasteiger partial charge in [-0.3, -0.25) is 4.79 Å². The molecular weight excluding hydrogens is 232 g/mol. The lowest BCUT2D eigenvalue weighted by Gasteiger charge is -1.93. The molecular formula is C13H10N2O3. The SMILES string of the molecule is CCOC(=O)C#Cc1cnc2[nH]cc(C=O)c2c1. The summed E-state index contributed by atoms with van der Waals surface area (Å²) in [6, 6.07) is 1.70. The van der Waals surface area contributed by atoms with Gasteiger partial charge < -0.3 is 9.72 Å². The molecule has 0 aromatic carbocycles. The van der Waals surface area contributed by atoms with Crippen molar-refractivity contribution in [3.63, 3.8) is 0 Å². The molecule has 0 radical (unpaired) electrons. The summed E-state index contributed by atoms with van der Waals surface area (Å²) in [4.78, 5) is 28.8. The monoisotopic (exact) mass is 242 g/mol. The number of hydrogen-bond acceptors (Lipinski definition) is 4. The molecule has 5 nitrogen and oxygen atoms in total. The number of esters is 1. The lowest BCUT2D eigenvalue weighted by Crippen LogP contribution is -1.99. The lowest BCUT2D eigenvalue weighted by molar-refractivity contribution is -0.136. The zero-order valence-corrected chi connectivity index (χ0v) is 9.69. The number of fused-ring (bicyclic) bond motifs is 1. The van der Waals surface area contributed by atoms with Crippen LogP contribution in [0.4, 0.5) is 0 Å². The Balaban J connectivity index is 2.34. The maximum atomic E-state index is 11.1. The number of nitrogens with zero attached hydrogens (tertiary/aromatic N) is 1. The van der Waals surface area contributed by atoms with E-state index in [2.05, 4.69) is 26.5 Å². The largest absolute Gasteiger partial charge is 0.456 e. The van der Waals surface area contributed by atoms with Gasteiger partial charge in [-0.1, -0.05) is 5.92 Å². The molecule has 5 heteroatoms. The molecule has 0 spiro atoms. The molecule has 18 heavy (non-hydrogen) atoms. The third-order valence-electron chi connectivity index (χ3n) is 2.27. The Kier molecular flexibility index (Phi) is 3.39. The van der Waals surface area contributed by atoms with E-state index >= 15 is 0 Å². The second-order valence-corrected chi connectivity index (χ2v) is 3.45. The van der Waals surface area contributed by atoms with Gasteiger partial charge in [-0.25, -0.2) is 9.78 Å². The van der Waals surface area contributed by atoms with Crippen LogP contribution in [0.5, 0.6) is 0 Å². The fraction of sp³-hybridized carbons (Fsp3) is 0.154. The molecule has 0 saturated carbocycles. The van der Waals surface area contributed by atoms with Crippen molar-refractivity contribution in [1.82, 2.24) is 9.97 Å². The third kappa shape index (κ3) is 2.38. The van der Waals surface area contributed by atoms with E-state index in [0.29, 0.717) is 22.2 Å². The molecule has 2 heterocycles. The number of hydrogen-bond donors (Lipinski definition) is 1. The fourth-order valence-electron chi connectivity index (χ4n) is 1.48. The highest BCUT2D eigenvalue weighted by Crippen LogP contribution is 2.15. The number of rotatable bonds is 2. The van der Waals surface area contributed by atoms with Gasteiger partial charge in [0.05, 0.1) is 6.61 Å². The Morgan fingerprint density at radius 3 is 3.17 bits per heavy atom. The van der Waals surface area contributed by atoms with Crippen LogP contribution in [-0.4, -0.2) is 28.8 Å². The second kappa shape index (κ2) is 5.15. The van der Waals surface area contributed by atoms with Crippen molar-refractivity contribution in [2.45, 2.75) is 6.92 Å². The van der Waals surface area contributed by atoms with Gasteiger partial charge in [0.15, 0.2) is 6.29 Å². The molecule has 0 amide bonds. The first-order valence-corrected chi connectivity index (χ1v) is 5.35. The van der Waals surface area contributed by atoms with Crippen LogP contribution in [0.3, 0.4) is 0 Å². The molecule has 0 saturated heterocycles. The molecule has 0 atom stereocenters. The maximum absolute atomic E-state index is 11.1. The Hall–Kier alpha value is -2.61. The number of ether oxygens (including phenoxy) is 1. The number of nitrogens with one attached hydrogen (secondary N) is 1. The van der Waals surface area contributed by atoms with Gasteiger partial charge >= 0.3 is 5.97 Å². The predicted octanol–water partition coefficient (Wildman–Crippen LogP) is 1.29. The summed E-state index contributed by atoms with van der Waals surface area (Å²) in [7, 11) is 0. The number of aromatic nitrogens is 2. The van der Waals surface area contributed by atoms with E-state index in [9.17, 15) is 9.59 Å². The number of carbonyl (C=O) groups is 2. The van der Waals surface area contributed by atoms with Crippen LogP contribution in [0.25, 0.3) is 11.0 Å². The smallest absolute Gasteiger partial charge is 0.384 e. The van der Waals surface area contributed by atoms with Crippen LogP contribution in [0, 0.1) is 11.8 Å². The average molecular weight is 242 g/mol. The molecule has 0 fully saturated rings. The first-order valence-electron chi connectivity index (χ1n) is 5.35. The summed E-state index contributed by atoms with van der Waals surface area (Å²) in [5.74, 6) is 4.41. The van der Waals surface area contributed by atoms with Crippen LogP contribution in [0.2, 0.25) is 0 Å². The Morgan fingerprint density at radius 2 is 2.44 bits per heavy atom. The molecule has 2 rings (SSSR count). The van der Waals surface area contributed by atoms with Crippen molar-refractivity contribution in [3.8, 4) is 11.8 Å². The number of H-pyrrole nitrogens is 1. The second-order valence-electron chi connectivity index (χ2n) is 3.45. The van der Waals surface area contributed by atoms with Crippen molar-refractivity contribution in [2.24, 2.45) is 0 Å². The van der Waals surface area contributed by atoms with E-state index in [1.807, 2.05) is 0 Å². The Morgan fingerprint density at radius 1 is 1.61 bits per heavy atom. The molecule has 0 aliphatic rings. The number of aromatic amines is 1. The minimum absolute atomic E-state index is 0.290. The summed E-state index contributed by atoms with van der Waals surface area (Å²) in [6.45, 7) is 2.00. The van der Waals surface area contributed by atoms with Gasteiger partial charge in [0.1, 0.15) is 5.65 Å². The average Bonchev–Trinajstić information content (AvgIpc) is 2.79. The first kappa shape index (κ1) is 11.9. The quantitative estimate of drug-likeness (QED) is 0.489. The number of carbonyl (C=O) groups excluding carboxylic acids is 2. The van der Waals surface area contributed by atoms with E-state index < -0.39 is 5.97 Å². The summed E-state index contributed by atoms with van der Waals surface area (Å²) in [5.41, 5.74) is 1.68. The molecule has 90 valence electrons. The zero-order valence-electron chi connectivity index (χ0n) is 9.69. The van der Waals surface area contributed by atoms with E-state index in [1.54, 1.807) is 19.2 Å². The highest BCUT2D eigenvalue weighted by atomic mass is 16.5. The molecule has 1 N–H and O–H groups in total. The Labute approximate surface area is 103 Å². The molecule has 0 aliphatic heterocycles. The molecule has 2 aromatic heterocycles. The van der Waals surface area contributed by atoms with Crippen LogP contribution in [0.1, 0.15) is 22.8 Å². The van der Waals surface area contributed by atoms with Crippen LogP contribution < -0.4 is 0 Å².